The molecule has 0 bridgehead atoms. The second-order valence-electron chi connectivity index (χ2n) is 6.86. The number of halogens is 1. The van der Waals surface area contributed by atoms with E-state index in [2.05, 4.69) is 69.5 Å². The lowest BCUT2D eigenvalue weighted by molar-refractivity contribution is 0.177. The highest BCUT2D eigenvalue weighted by molar-refractivity contribution is 14.1. The van der Waals surface area contributed by atoms with Crippen LogP contribution in [0.2, 0.25) is 18.1 Å². The van der Waals surface area contributed by atoms with Crippen LogP contribution in [0.5, 0.6) is 0 Å². The third-order valence-electron chi connectivity index (χ3n) is 4.21. The van der Waals surface area contributed by atoms with Gasteiger partial charge in [0.25, 0.3) is 0 Å². The molecule has 100 valence electrons. The van der Waals surface area contributed by atoms with Crippen LogP contribution in [0, 0.1) is 5.92 Å². The Morgan fingerprint density at radius 2 is 2.00 bits per heavy atom. The van der Waals surface area contributed by atoms with Gasteiger partial charge in [-0.05, 0) is 42.5 Å². The van der Waals surface area contributed by atoms with Crippen LogP contribution in [0.15, 0.2) is 11.6 Å². The molecule has 2 atom stereocenters. The molecule has 0 aromatic rings. The summed E-state index contributed by atoms with van der Waals surface area (Å²) in [5.74, 6) is 0.775. The maximum Gasteiger partial charge on any atom is 0.192 e. The van der Waals surface area contributed by atoms with E-state index < -0.39 is 8.32 Å². The maximum absolute atomic E-state index is 6.58. The Bertz CT molecular complexity index is 291. The molecule has 0 unspecified atom stereocenters. The van der Waals surface area contributed by atoms with Gasteiger partial charge in [-0.1, -0.05) is 56.4 Å². The summed E-state index contributed by atoms with van der Waals surface area (Å²) in [5.41, 5.74) is 1.52. The van der Waals surface area contributed by atoms with Gasteiger partial charge in [0.2, 0.25) is 0 Å². The van der Waals surface area contributed by atoms with E-state index in [0.29, 0.717) is 11.1 Å². The topological polar surface area (TPSA) is 9.23 Å². The van der Waals surface area contributed by atoms with Crippen molar-refractivity contribution in [3.05, 3.63) is 11.6 Å². The largest absolute Gasteiger partial charge is 0.410 e. The smallest absolute Gasteiger partial charge is 0.192 e. The molecule has 3 heteroatoms. The van der Waals surface area contributed by atoms with E-state index in [-0.39, 0.29) is 0 Å². The summed E-state index contributed by atoms with van der Waals surface area (Å²) in [6.45, 7) is 14.0. The summed E-state index contributed by atoms with van der Waals surface area (Å²) in [6.07, 6.45) is 5.24. The first kappa shape index (κ1) is 15.7. The first-order valence-electron chi connectivity index (χ1n) is 6.60. The van der Waals surface area contributed by atoms with Crippen molar-refractivity contribution in [2.24, 2.45) is 5.92 Å². The molecular weight excluding hydrogens is 339 g/mol. The van der Waals surface area contributed by atoms with Gasteiger partial charge in [-0.25, -0.2) is 0 Å². The van der Waals surface area contributed by atoms with Gasteiger partial charge in [-0.15, -0.1) is 0 Å². The van der Waals surface area contributed by atoms with E-state index in [4.69, 9.17) is 4.43 Å². The molecule has 0 heterocycles. The van der Waals surface area contributed by atoms with Crippen molar-refractivity contribution in [3.63, 3.8) is 0 Å². The average Bonchev–Trinajstić information content (AvgIpc) is 2.15. The minimum atomic E-state index is -1.62. The van der Waals surface area contributed by atoms with Crippen molar-refractivity contribution in [2.45, 2.75) is 64.8 Å². The zero-order valence-corrected chi connectivity index (χ0v) is 15.3. The van der Waals surface area contributed by atoms with Crippen LogP contribution in [0.1, 0.15) is 40.5 Å². The average molecular weight is 366 g/mol. The van der Waals surface area contributed by atoms with E-state index >= 15 is 0 Å². The lowest BCUT2D eigenvalue weighted by Crippen LogP contribution is -2.45. The van der Waals surface area contributed by atoms with Crippen LogP contribution in [0.25, 0.3) is 0 Å². The number of hydrogen-bond donors (Lipinski definition) is 0. The van der Waals surface area contributed by atoms with Crippen LogP contribution >= 0.6 is 22.6 Å². The van der Waals surface area contributed by atoms with Gasteiger partial charge in [0.15, 0.2) is 8.32 Å². The number of allylic oxidation sites excluding steroid dienone is 1. The zero-order valence-electron chi connectivity index (χ0n) is 12.1. The van der Waals surface area contributed by atoms with Crippen molar-refractivity contribution in [1.82, 2.24) is 0 Å². The fourth-order valence-electron chi connectivity index (χ4n) is 1.89. The van der Waals surface area contributed by atoms with Gasteiger partial charge in [-0.2, -0.15) is 0 Å². The molecule has 0 aromatic heterocycles. The van der Waals surface area contributed by atoms with E-state index in [1.165, 1.54) is 18.4 Å². The van der Waals surface area contributed by atoms with E-state index in [1.807, 2.05) is 0 Å². The number of hydrogen-bond acceptors (Lipinski definition) is 1. The fraction of sp³-hybridized carbons (Fsp3) is 0.857. The van der Waals surface area contributed by atoms with Crippen LogP contribution in [0.4, 0.5) is 0 Å². The van der Waals surface area contributed by atoms with Gasteiger partial charge in [0.05, 0.1) is 6.10 Å². The lowest BCUT2D eigenvalue weighted by atomic mass is 9.90. The molecule has 0 radical (unpaired) electrons. The second-order valence-corrected chi connectivity index (χ2v) is 12.4. The van der Waals surface area contributed by atoms with Crippen molar-refractivity contribution in [2.75, 3.05) is 4.43 Å². The molecule has 1 nitrogen and oxygen atoms in total. The molecule has 0 aliphatic heterocycles. The molecule has 0 spiro atoms. The summed E-state index contributed by atoms with van der Waals surface area (Å²) >= 11 is 2.47. The molecule has 0 fully saturated rings. The van der Waals surface area contributed by atoms with Crippen molar-refractivity contribution < 1.29 is 4.43 Å². The maximum atomic E-state index is 6.58. The minimum absolute atomic E-state index is 0.310. The molecule has 1 aliphatic carbocycles. The van der Waals surface area contributed by atoms with Crippen LogP contribution in [-0.4, -0.2) is 18.8 Å². The van der Waals surface area contributed by atoms with E-state index in [9.17, 15) is 0 Å². The van der Waals surface area contributed by atoms with Gasteiger partial charge >= 0.3 is 0 Å². The highest BCUT2D eigenvalue weighted by atomic mass is 127. The monoisotopic (exact) mass is 366 g/mol. The Morgan fingerprint density at radius 1 is 1.41 bits per heavy atom. The van der Waals surface area contributed by atoms with Crippen molar-refractivity contribution >= 4 is 30.9 Å². The van der Waals surface area contributed by atoms with E-state index in [0.717, 1.165) is 10.3 Å². The summed E-state index contributed by atoms with van der Waals surface area (Å²) in [4.78, 5) is 0. The van der Waals surface area contributed by atoms with Crippen LogP contribution in [-0.2, 0) is 4.43 Å². The molecule has 1 aliphatic rings. The normalized spacial score (nSPS) is 26.9. The van der Waals surface area contributed by atoms with Crippen LogP contribution < -0.4 is 0 Å². The van der Waals surface area contributed by atoms with Gasteiger partial charge in [0.1, 0.15) is 0 Å². The van der Waals surface area contributed by atoms with Crippen LogP contribution in [0.3, 0.4) is 0 Å². The fourth-order valence-corrected chi connectivity index (χ4v) is 4.01. The Hall–Kier alpha value is 0.647. The number of alkyl halides is 1. The summed E-state index contributed by atoms with van der Waals surface area (Å²) in [6, 6.07) is 0. The molecule has 0 N–H and O–H groups in total. The highest BCUT2D eigenvalue weighted by Crippen LogP contribution is 2.40. The Morgan fingerprint density at radius 3 is 2.47 bits per heavy atom. The first-order chi connectivity index (χ1) is 7.67. The standard InChI is InChI=1S/C14H27IOSi/c1-11-7-8-12(10-15)13(9-11)16-17(5,6)14(2,3)4/h8,11,13H,7,9-10H2,1-6H3/t11-,13-/m0/s1. The van der Waals surface area contributed by atoms with Crippen molar-refractivity contribution in [1.29, 1.82) is 0 Å². The predicted molar refractivity (Wildman–Crippen MR) is 87.4 cm³/mol. The van der Waals surface area contributed by atoms with Crippen molar-refractivity contribution in [3.8, 4) is 0 Å². The molecule has 0 aromatic carbocycles. The zero-order chi connectivity index (χ0) is 13.3. The Labute approximate surface area is 122 Å². The quantitative estimate of drug-likeness (QED) is 0.290. The molecule has 17 heavy (non-hydrogen) atoms. The highest BCUT2D eigenvalue weighted by Gasteiger charge is 2.40. The summed E-state index contributed by atoms with van der Waals surface area (Å²) in [7, 11) is -1.62. The molecular formula is C14H27IOSi. The molecule has 1 rings (SSSR count). The molecule has 0 saturated carbocycles. The summed E-state index contributed by atoms with van der Waals surface area (Å²) in [5, 5.41) is 0.310. The predicted octanol–water partition coefficient (Wildman–Crippen LogP) is 5.17. The summed E-state index contributed by atoms with van der Waals surface area (Å²) < 4.78 is 7.70. The third kappa shape index (κ3) is 4.06. The van der Waals surface area contributed by atoms with E-state index in [1.54, 1.807) is 0 Å². The minimum Gasteiger partial charge on any atom is -0.410 e. The number of rotatable bonds is 3. The Balaban J connectivity index is 2.79. The third-order valence-corrected chi connectivity index (χ3v) is 9.58. The molecule has 0 amide bonds. The molecule has 0 saturated heterocycles. The van der Waals surface area contributed by atoms with Gasteiger partial charge in [-0.3, -0.25) is 0 Å². The van der Waals surface area contributed by atoms with Gasteiger partial charge in [0, 0.05) is 4.43 Å². The second kappa shape index (κ2) is 5.74. The first-order valence-corrected chi connectivity index (χ1v) is 11.0. The Kier molecular flexibility index (Phi) is 5.30. The lowest BCUT2D eigenvalue weighted by Gasteiger charge is -2.41. The van der Waals surface area contributed by atoms with Gasteiger partial charge < -0.3 is 4.43 Å². The SMILES string of the molecule is C[C@H]1CC=C(CI)[C@@H](O[Si](C)(C)C(C)(C)C)C1.